The molecule has 1 aliphatic rings. The lowest BCUT2D eigenvalue weighted by Gasteiger charge is -2.38. The number of nitrogens with one attached hydrogen (secondary N) is 1. The van der Waals surface area contributed by atoms with Gasteiger partial charge in [-0.1, -0.05) is 22.0 Å². The van der Waals surface area contributed by atoms with Crippen LogP contribution in [0.3, 0.4) is 0 Å². The zero-order valence-electron chi connectivity index (χ0n) is 10.5. The summed E-state index contributed by atoms with van der Waals surface area (Å²) in [5.41, 5.74) is 0.750. The molecule has 0 radical (unpaired) electrons. The van der Waals surface area contributed by atoms with Crippen molar-refractivity contribution in [3.63, 3.8) is 0 Å². The predicted molar refractivity (Wildman–Crippen MR) is 79.4 cm³/mol. The number of carbonyl (C=O) groups excluding carboxylic acids is 1. The number of hydrogen-bond donors (Lipinski definition) is 1. The van der Waals surface area contributed by atoms with Crippen LogP contribution >= 0.6 is 28.3 Å². The third kappa shape index (κ3) is 3.25. The van der Waals surface area contributed by atoms with E-state index in [1.165, 1.54) is 0 Å². The fourth-order valence-corrected chi connectivity index (χ4v) is 2.53. The van der Waals surface area contributed by atoms with Gasteiger partial charge in [0.25, 0.3) is 5.91 Å². The third-order valence-corrected chi connectivity index (χ3v) is 3.86. The number of piperazine rings is 1. The topological polar surface area (TPSA) is 32.3 Å². The average Bonchev–Trinajstić information content (AvgIpc) is 2.32. The van der Waals surface area contributed by atoms with Gasteiger partial charge in [-0.25, -0.2) is 0 Å². The molecule has 1 aromatic carbocycles. The Kier molecular flexibility index (Phi) is 5.63. The number of amides is 1. The minimum Gasteiger partial charge on any atom is -0.333 e. The van der Waals surface area contributed by atoms with Gasteiger partial charge in [0.2, 0.25) is 0 Å². The Bertz CT molecular complexity index is 427. The molecule has 2 rings (SSSR count). The molecule has 0 bridgehead atoms. The van der Waals surface area contributed by atoms with Crippen LogP contribution in [0.1, 0.15) is 24.2 Å². The molecule has 1 fully saturated rings. The first-order chi connectivity index (χ1) is 8.09. The smallest absolute Gasteiger partial charge is 0.254 e. The molecule has 0 saturated carbocycles. The summed E-state index contributed by atoms with van der Waals surface area (Å²) < 4.78 is 0.944. The van der Waals surface area contributed by atoms with E-state index in [9.17, 15) is 4.79 Å². The van der Waals surface area contributed by atoms with Crippen LogP contribution < -0.4 is 5.32 Å². The van der Waals surface area contributed by atoms with E-state index >= 15 is 0 Å². The SMILES string of the molecule is CC1NCCN(C(=O)c2cccc(Br)c2)C1C.Cl. The van der Waals surface area contributed by atoms with Crippen molar-refractivity contribution >= 4 is 34.2 Å². The molecular formula is C13H18BrClN2O. The van der Waals surface area contributed by atoms with Gasteiger partial charge in [0.15, 0.2) is 0 Å². The maximum absolute atomic E-state index is 12.4. The molecule has 0 aliphatic carbocycles. The molecule has 5 heteroatoms. The van der Waals surface area contributed by atoms with E-state index in [1.807, 2.05) is 29.2 Å². The molecule has 18 heavy (non-hydrogen) atoms. The first kappa shape index (κ1) is 15.5. The number of nitrogens with zero attached hydrogens (tertiary/aromatic N) is 1. The summed E-state index contributed by atoms with van der Waals surface area (Å²) >= 11 is 3.40. The number of halogens is 2. The van der Waals surface area contributed by atoms with Crippen LogP contribution in [0.25, 0.3) is 0 Å². The summed E-state index contributed by atoms with van der Waals surface area (Å²) in [5.74, 6) is 0.118. The van der Waals surface area contributed by atoms with Gasteiger partial charge in [-0.2, -0.15) is 0 Å². The van der Waals surface area contributed by atoms with Crippen LogP contribution in [-0.4, -0.2) is 36.0 Å². The van der Waals surface area contributed by atoms with E-state index in [2.05, 4.69) is 35.1 Å². The quantitative estimate of drug-likeness (QED) is 0.857. The fourth-order valence-electron chi connectivity index (χ4n) is 2.13. The summed E-state index contributed by atoms with van der Waals surface area (Å²) in [6, 6.07) is 8.15. The molecule has 2 atom stereocenters. The Morgan fingerprint density at radius 1 is 1.44 bits per heavy atom. The van der Waals surface area contributed by atoms with E-state index in [4.69, 9.17) is 0 Å². The van der Waals surface area contributed by atoms with Crippen molar-refractivity contribution in [3.05, 3.63) is 34.3 Å². The van der Waals surface area contributed by atoms with E-state index in [1.54, 1.807) is 0 Å². The van der Waals surface area contributed by atoms with E-state index in [0.29, 0.717) is 6.04 Å². The van der Waals surface area contributed by atoms with Crippen molar-refractivity contribution in [2.45, 2.75) is 25.9 Å². The van der Waals surface area contributed by atoms with Crippen molar-refractivity contribution < 1.29 is 4.79 Å². The first-order valence-corrected chi connectivity index (χ1v) is 6.69. The second kappa shape index (κ2) is 6.55. The predicted octanol–water partition coefficient (Wildman–Crippen LogP) is 2.69. The largest absolute Gasteiger partial charge is 0.333 e. The third-order valence-electron chi connectivity index (χ3n) is 3.37. The van der Waals surface area contributed by atoms with Crippen molar-refractivity contribution in [2.24, 2.45) is 0 Å². The highest BCUT2D eigenvalue weighted by molar-refractivity contribution is 9.10. The summed E-state index contributed by atoms with van der Waals surface area (Å²) in [6.07, 6.45) is 0. The zero-order valence-corrected chi connectivity index (χ0v) is 12.9. The maximum Gasteiger partial charge on any atom is 0.254 e. The number of carbonyl (C=O) groups is 1. The van der Waals surface area contributed by atoms with Gasteiger partial charge in [0.1, 0.15) is 0 Å². The highest BCUT2D eigenvalue weighted by Crippen LogP contribution is 2.17. The van der Waals surface area contributed by atoms with E-state index in [-0.39, 0.29) is 24.4 Å². The molecule has 0 aromatic heterocycles. The minimum absolute atomic E-state index is 0. The number of benzene rings is 1. The van der Waals surface area contributed by atoms with Crippen LogP contribution in [0.15, 0.2) is 28.7 Å². The van der Waals surface area contributed by atoms with E-state index < -0.39 is 0 Å². The zero-order chi connectivity index (χ0) is 12.4. The van der Waals surface area contributed by atoms with Crippen LogP contribution in [0.4, 0.5) is 0 Å². The normalized spacial score (nSPS) is 23.4. The molecule has 1 aromatic rings. The van der Waals surface area contributed by atoms with Gasteiger partial charge in [-0.3, -0.25) is 4.79 Å². The molecule has 1 heterocycles. The molecule has 1 aliphatic heterocycles. The average molecular weight is 334 g/mol. The van der Waals surface area contributed by atoms with Gasteiger partial charge in [-0.05, 0) is 32.0 Å². The lowest BCUT2D eigenvalue weighted by Crippen LogP contribution is -2.57. The Hall–Kier alpha value is -0.580. The highest BCUT2D eigenvalue weighted by Gasteiger charge is 2.28. The maximum atomic E-state index is 12.4. The van der Waals surface area contributed by atoms with Gasteiger partial charge in [0.05, 0.1) is 0 Å². The lowest BCUT2D eigenvalue weighted by atomic mass is 10.1. The number of hydrogen-bond acceptors (Lipinski definition) is 2. The Morgan fingerprint density at radius 3 is 2.83 bits per heavy atom. The summed E-state index contributed by atoms with van der Waals surface area (Å²) in [7, 11) is 0. The molecule has 100 valence electrons. The van der Waals surface area contributed by atoms with Crippen LogP contribution in [0.5, 0.6) is 0 Å². The summed E-state index contributed by atoms with van der Waals surface area (Å²) in [5, 5.41) is 3.38. The van der Waals surface area contributed by atoms with Crippen molar-refractivity contribution in [1.29, 1.82) is 0 Å². The van der Waals surface area contributed by atoms with Crippen molar-refractivity contribution in [2.75, 3.05) is 13.1 Å². The molecule has 2 unspecified atom stereocenters. The Morgan fingerprint density at radius 2 is 2.17 bits per heavy atom. The van der Waals surface area contributed by atoms with Crippen LogP contribution in [0, 0.1) is 0 Å². The van der Waals surface area contributed by atoms with Gasteiger partial charge in [-0.15, -0.1) is 12.4 Å². The van der Waals surface area contributed by atoms with Gasteiger partial charge in [0, 0.05) is 35.2 Å². The van der Waals surface area contributed by atoms with Crippen LogP contribution in [-0.2, 0) is 0 Å². The molecular weight excluding hydrogens is 316 g/mol. The van der Waals surface area contributed by atoms with Crippen molar-refractivity contribution in [3.8, 4) is 0 Å². The monoisotopic (exact) mass is 332 g/mol. The summed E-state index contributed by atoms with van der Waals surface area (Å²) in [6.45, 7) is 5.85. The molecule has 1 N–H and O–H groups in total. The lowest BCUT2D eigenvalue weighted by molar-refractivity contribution is 0.0603. The van der Waals surface area contributed by atoms with E-state index in [0.717, 1.165) is 23.1 Å². The molecule has 1 amide bonds. The second-order valence-electron chi connectivity index (χ2n) is 4.49. The van der Waals surface area contributed by atoms with Crippen molar-refractivity contribution in [1.82, 2.24) is 10.2 Å². The highest BCUT2D eigenvalue weighted by atomic mass is 79.9. The molecule has 3 nitrogen and oxygen atoms in total. The molecule has 0 spiro atoms. The van der Waals surface area contributed by atoms with Crippen LogP contribution in [0.2, 0.25) is 0 Å². The van der Waals surface area contributed by atoms with Gasteiger partial charge >= 0.3 is 0 Å². The second-order valence-corrected chi connectivity index (χ2v) is 5.41. The van der Waals surface area contributed by atoms with Gasteiger partial charge < -0.3 is 10.2 Å². The first-order valence-electron chi connectivity index (χ1n) is 5.89. The number of rotatable bonds is 1. The fraction of sp³-hybridized carbons (Fsp3) is 0.462. The Balaban J connectivity index is 0.00000162. The minimum atomic E-state index is 0. The molecule has 1 saturated heterocycles. The summed E-state index contributed by atoms with van der Waals surface area (Å²) in [4.78, 5) is 14.3. The Labute approximate surface area is 122 Å². The standard InChI is InChI=1S/C13H17BrN2O.ClH/c1-9-10(2)16(7-6-15-9)13(17)11-4-3-5-12(14)8-11;/h3-5,8-10,15H,6-7H2,1-2H3;1H.